The summed E-state index contributed by atoms with van der Waals surface area (Å²) in [4.78, 5) is 0. The number of rotatable bonds is 2. The lowest BCUT2D eigenvalue weighted by Crippen LogP contribution is -2.59. The van der Waals surface area contributed by atoms with Gasteiger partial charge in [-0.3, -0.25) is 0 Å². The van der Waals surface area contributed by atoms with Gasteiger partial charge in [0.25, 0.3) is 6.71 Å². The monoisotopic (exact) mass is 680 g/mol. The molecular weight excluding hydrogens is 639 g/mol. The highest BCUT2D eigenvalue weighted by Gasteiger charge is 2.42. The topological polar surface area (TPSA) is 9.86 Å². The molecule has 2 nitrogen and oxygen atoms in total. The lowest BCUT2D eigenvalue weighted by Gasteiger charge is -2.35. The second-order valence-electron chi connectivity index (χ2n) is 17.4. The average molecular weight is 681 g/mol. The molecule has 0 aliphatic carbocycles. The van der Waals surface area contributed by atoms with Crippen molar-refractivity contribution in [1.82, 2.24) is 9.13 Å². The Morgan fingerprint density at radius 3 is 1.25 bits per heavy atom. The van der Waals surface area contributed by atoms with E-state index in [-0.39, 0.29) is 17.5 Å². The lowest BCUT2D eigenvalue weighted by molar-refractivity contribution is 0.591. The van der Waals surface area contributed by atoms with Crippen molar-refractivity contribution >= 4 is 66.7 Å². The molecule has 0 saturated carbocycles. The van der Waals surface area contributed by atoms with E-state index in [4.69, 9.17) is 0 Å². The SMILES string of the molecule is CC(C)(C)c1cc2c3c(c1)c1cc(-c4ccccc4)ccc1n3-c1cccc3c1B2c1cc(C(C)(C)C)cc2c4cc(-c5ccccc5)ccc4n-3c12. The molecule has 2 aliphatic rings. The summed E-state index contributed by atoms with van der Waals surface area (Å²) < 4.78 is 5.18. The summed E-state index contributed by atoms with van der Waals surface area (Å²) in [5.74, 6) is 0. The highest BCUT2D eigenvalue weighted by atomic mass is 15.0. The van der Waals surface area contributed by atoms with E-state index in [9.17, 15) is 0 Å². The predicted molar refractivity (Wildman–Crippen MR) is 228 cm³/mol. The molecule has 0 unspecified atom stereocenters. The van der Waals surface area contributed by atoms with Gasteiger partial charge in [-0.05, 0) is 109 Å². The van der Waals surface area contributed by atoms with E-state index >= 15 is 0 Å². The first kappa shape index (κ1) is 30.8. The quantitative estimate of drug-likeness (QED) is 0.161. The van der Waals surface area contributed by atoms with Gasteiger partial charge in [-0.25, -0.2) is 0 Å². The Labute approximate surface area is 311 Å². The highest BCUT2D eigenvalue weighted by Crippen LogP contribution is 2.43. The molecule has 53 heavy (non-hydrogen) atoms. The molecule has 254 valence electrons. The van der Waals surface area contributed by atoms with Crippen LogP contribution in [0.2, 0.25) is 0 Å². The van der Waals surface area contributed by atoms with Gasteiger partial charge in [-0.1, -0.05) is 133 Å². The van der Waals surface area contributed by atoms with Crippen molar-refractivity contribution in [3.8, 4) is 33.6 Å². The number of hydrogen-bond acceptors (Lipinski definition) is 0. The smallest absolute Gasteiger partial charge is 0.252 e. The largest absolute Gasteiger partial charge is 0.310 e. The maximum absolute atomic E-state index is 2.59. The first-order valence-electron chi connectivity index (χ1n) is 19.1. The minimum absolute atomic E-state index is 0.0179. The Kier molecular flexibility index (Phi) is 6.05. The molecule has 0 N–H and O–H groups in total. The van der Waals surface area contributed by atoms with Gasteiger partial charge >= 0.3 is 0 Å². The van der Waals surface area contributed by atoms with Crippen molar-refractivity contribution in [3.63, 3.8) is 0 Å². The van der Waals surface area contributed by atoms with E-state index in [0.717, 1.165) is 0 Å². The zero-order chi connectivity index (χ0) is 36.0. The van der Waals surface area contributed by atoms with Crippen LogP contribution in [0, 0.1) is 0 Å². The maximum atomic E-state index is 2.59. The van der Waals surface area contributed by atoms with Crippen LogP contribution in [0.4, 0.5) is 0 Å². The van der Waals surface area contributed by atoms with Crippen LogP contribution in [0.1, 0.15) is 52.7 Å². The third-order valence-electron chi connectivity index (χ3n) is 12.2. The van der Waals surface area contributed by atoms with Gasteiger partial charge < -0.3 is 9.13 Å². The third-order valence-corrected chi connectivity index (χ3v) is 12.2. The van der Waals surface area contributed by atoms with E-state index in [0.29, 0.717) is 0 Å². The van der Waals surface area contributed by atoms with Gasteiger partial charge in [-0.15, -0.1) is 0 Å². The van der Waals surface area contributed by atoms with Gasteiger partial charge in [-0.2, -0.15) is 0 Å². The summed E-state index contributed by atoms with van der Waals surface area (Å²) in [5, 5.41) is 5.32. The molecule has 2 aromatic heterocycles. The zero-order valence-corrected chi connectivity index (χ0v) is 31.3. The first-order chi connectivity index (χ1) is 25.6. The minimum atomic E-state index is -0.0179. The molecule has 0 bridgehead atoms. The normalized spacial score (nSPS) is 13.4. The molecule has 2 aliphatic heterocycles. The summed E-state index contributed by atoms with van der Waals surface area (Å²) >= 11 is 0. The van der Waals surface area contributed by atoms with Gasteiger partial charge in [0.15, 0.2) is 0 Å². The van der Waals surface area contributed by atoms with Gasteiger partial charge in [0, 0.05) is 44.0 Å². The first-order valence-corrected chi connectivity index (χ1v) is 19.1. The highest BCUT2D eigenvalue weighted by molar-refractivity contribution is 7.00. The number of hydrogen-bond donors (Lipinski definition) is 0. The Morgan fingerprint density at radius 2 is 0.830 bits per heavy atom. The van der Waals surface area contributed by atoms with E-state index in [1.165, 1.54) is 105 Å². The Balaban J connectivity index is 1.30. The number of benzene rings is 7. The van der Waals surface area contributed by atoms with Crippen LogP contribution in [0.5, 0.6) is 0 Å². The molecular formula is C50H41BN2. The van der Waals surface area contributed by atoms with Crippen molar-refractivity contribution < 1.29 is 0 Å². The summed E-state index contributed by atoms with van der Waals surface area (Å²) in [6.07, 6.45) is 0. The average Bonchev–Trinajstić information content (AvgIpc) is 3.67. The van der Waals surface area contributed by atoms with Crippen LogP contribution in [0.3, 0.4) is 0 Å². The lowest BCUT2D eigenvalue weighted by atomic mass is 9.34. The van der Waals surface area contributed by atoms with Crippen molar-refractivity contribution in [2.45, 2.75) is 52.4 Å². The van der Waals surface area contributed by atoms with Crippen LogP contribution >= 0.6 is 0 Å². The van der Waals surface area contributed by atoms with E-state index in [1.54, 1.807) is 0 Å². The van der Waals surface area contributed by atoms with E-state index in [1.807, 2.05) is 0 Å². The molecule has 7 aromatic carbocycles. The summed E-state index contributed by atoms with van der Waals surface area (Å²) in [6.45, 7) is 14.3. The van der Waals surface area contributed by atoms with E-state index < -0.39 is 0 Å². The Hall–Kier alpha value is -5.80. The Morgan fingerprint density at radius 1 is 0.396 bits per heavy atom. The second-order valence-corrected chi connectivity index (χ2v) is 17.4. The minimum Gasteiger partial charge on any atom is -0.310 e. The maximum Gasteiger partial charge on any atom is 0.252 e. The number of aromatic nitrogens is 2. The van der Waals surface area contributed by atoms with Crippen LogP contribution in [-0.4, -0.2) is 15.8 Å². The fourth-order valence-electron chi connectivity index (χ4n) is 9.49. The van der Waals surface area contributed by atoms with Crippen LogP contribution in [0.25, 0.3) is 77.2 Å². The second kappa shape index (κ2) is 10.4. The number of fused-ring (bicyclic) bond motifs is 10. The molecule has 9 aromatic rings. The van der Waals surface area contributed by atoms with Crippen molar-refractivity contribution in [2.24, 2.45) is 0 Å². The molecule has 0 fully saturated rings. The molecule has 0 spiro atoms. The predicted octanol–water partition coefficient (Wildman–Crippen LogP) is 11.0. The van der Waals surface area contributed by atoms with Gasteiger partial charge in [0.05, 0.1) is 11.0 Å². The fraction of sp³-hybridized carbons (Fsp3) is 0.160. The standard InChI is InChI=1S/C50H41BN2/c1-49(2,3)34-26-38-36-24-32(30-14-9-7-10-15-30)20-22-42(36)52-44-18-13-19-45-46(44)51(40(28-34)47(38)52)41-29-35(50(4,5)6)27-39-37-25-33(31-16-11-8-12-17-31)21-23-43(37)53(45)48(39)41/h7-29H,1-6H3. The molecule has 4 heterocycles. The third kappa shape index (κ3) is 4.22. The van der Waals surface area contributed by atoms with Gasteiger partial charge in [0.1, 0.15) is 0 Å². The van der Waals surface area contributed by atoms with Crippen molar-refractivity contribution in [2.75, 3.05) is 0 Å². The molecule has 3 heteroatoms. The van der Waals surface area contributed by atoms with Gasteiger partial charge in [0.2, 0.25) is 0 Å². The fourth-order valence-corrected chi connectivity index (χ4v) is 9.49. The summed E-state index contributed by atoms with van der Waals surface area (Å²) in [7, 11) is 0. The molecule has 11 rings (SSSR count). The van der Waals surface area contributed by atoms with Crippen LogP contribution in [0.15, 0.2) is 140 Å². The zero-order valence-electron chi connectivity index (χ0n) is 31.3. The van der Waals surface area contributed by atoms with E-state index in [2.05, 4.69) is 190 Å². The Bertz CT molecular complexity index is 2800. The molecule has 0 saturated heterocycles. The number of nitrogens with zero attached hydrogens (tertiary/aromatic N) is 2. The van der Waals surface area contributed by atoms with Crippen molar-refractivity contribution in [3.05, 3.63) is 151 Å². The molecule has 0 amide bonds. The molecule has 0 atom stereocenters. The summed E-state index contributed by atoms with van der Waals surface area (Å²) in [5.41, 5.74) is 19.8. The van der Waals surface area contributed by atoms with Crippen molar-refractivity contribution in [1.29, 1.82) is 0 Å². The molecule has 0 radical (unpaired) electrons. The van der Waals surface area contributed by atoms with Crippen LogP contribution < -0.4 is 16.4 Å². The van der Waals surface area contributed by atoms with Crippen LogP contribution in [-0.2, 0) is 10.8 Å². The summed E-state index contributed by atoms with van der Waals surface area (Å²) in [6, 6.07) is 53.0.